The fourth-order valence-electron chi connectivity index (χ4n) is 4.84. The van der Waals surface area contributed by atoms with Gasteiger partial charge in [0.1, 0.15) is 0 Å². The number of aliphatic hydroxyl groups is 1. The van der Waals surface area contributed by atoms with E-state index >= 15 is 0 Å². The van der Waals surface area contributed by atoms with Crippen LogP contribution in [-0.4, -0.2) is 39.6 Å². The van der Waals surface area contributed by atoms with Gasteiger partial charge in [-0.25, -0.2) is 4.98 Å². The molecule has 186 valence electrons. The van der Waals surface area contributed by atoms with Crippen molar-refractivity contribution in [2.75, 3.05) is 6.54 Å². The number of hydrogen-bond donors (Lipinski definition) is 2. The van der Waals surface area contributed by atoms with Crippen molar-refractivity contribution >= 4 is 17.2 Å². The monoisotopic (exact) mass is 483 g/mol. The van der Waals surface area contributed by atoms with Gasteiger partial charge in [-0.3, -0.25) is 4.79 Å². The molecule has 1 fully saturated rings. The van der Waals surface area contributed by atoms with E-state index in [2.05, 4.69) is 82.7 Å². The molecule has 1 aromatic heterocycles. The lowest BCUT2D eigenvalue weighted by Gasteiger charge is -2.37. The summed E-state index contributed by atoms with van der Waals surface area (Å²) in [7, 11) is 0. The van der Waals surface area contributed by atoms with Crippen LogP contribution in [0.1, 0.15) is 71.7 Å². The Bertz CT molecular complexity index is 990. The summed E-state index contributed by atoms with van der Waals surface area (Å²) in [5, 5.41) is 14.0. The minimum atomic E-state index is -0.524. The first-order chi connectivity index (χ1) is 15.9. The van der Waals surface area contributed by atoms with E-state index in [4.69, 9.17) is 0 Å². The predicted molar refractivity (Wildman–Crippen MR) is 142 cm³/mol. The van der Waals surface area contributed by atoms with Crippen LogP contribution in [-0.2, 0) is 4.79 Å². The van der Waals surface area contributed by atoms with E-state index in [1.165, 1.54) is 10.4 Å². The highest BCUT2D eigenvalue weighted by Crippen LogP contribution is 2.36. The Labute approximate surface area is 209 Å². The average molecular weight is 484 g/mol. The van der Waals surface area contributed by atoms with Crippen molar-refractivity contribution in [2.45, 2.75) is 79.5 Å². The smallest absolute Gasteiger partial charge is 0.226 e. The van der Waals surface area contributed by atoms with Crippen LogP contribution in [0.5, 0.6) is 0 Å². The molecule has 0 saturated carbocycles. The summed E-state index contributed by atoms with van der Waals surface area (Å²) in [6.07, 6.45) is 0.833. The number of nitrogens with zero attached hydrogens (tertiary/aromatic N) is 2. The maximum Gasteiger partial charge on any atom is 0.226 e. The highest BCUT2D eigenvalue weighted by atomic mass is 32.1. The zero-order valence-corrected chi connectivity index (χ0v) is 22.6. The van der Waals surface area contributed by atoms with Crippen LogP contribution < -0.4 is 5.32 Å². The number of hydrogen-bond acceptors (Lipinski definition) is 5. The largest absolute Gasteiger partial charge is 0.391 e. The van der Waals surface area contributed by atoms with Gasteiger partial charge in [-0.1, -0.05) is 65.5 Å². The van der Waals surface area contributed by atoms with Gasteiger partial charge < -0.3 is 15.3 Å². The van der Waals surface area contributed by atoms with E-state index in [9.17, 15) is 9.90 Å². The molecule has 0 bridgehead atoms. The molecule has 1 aliphatic rings. The first kappa shape index (κ1) is 26.4. The van der Waals surface area contributed by atoms with Crippen molar-refractivity contribution in [3.8, 4) is 10.4 Å². The average Bonchev–Trinajstić information content (AvgIpc) is 3.36. The normalized spacial score (nSPS) is 20.4. The standard InChI is InChI=1S/C28H41N3O2S/c1-17(2)13-24(28(6,7)8)27(33)31-15-23(32)14-25(31)19(4)30-18(3)21-9-11-22(12-10-21)26-20(5)29-16-34-26/h9-12,16-18,23-25,30,32H,4,13-15H2,1-3,5-8H3/t18-,23+,24+,25-/m0/s1. The third-order valence-corrected chi connectivity index (χ3v) is 7.81. The van der Waals surface area contributed by atoms with Gasteiger partial charge in [0.05, 0.1) is 28.2 Å². The number of nitrogens with one attached hydrogen (secondary N) is 1. The van der Waals surface area contributed by atoms with Gasteiger partial charge >= 0.3 is 0 Å². The quantitative estimate of drug-likeness (QED) is 0.487. The molecule has 3 rings (SSSR count). The maximum atomic E-state index is 13.7. The molecule has 0 radical (unpaired) electrons. The summed E-state index contributed by atoms with van der Waals surface area (Å²) in [6, 6.07) is 8.35. The second-order valence-electron chi connectivity index (χ2n) is 11.2. The van der Waals surface area contributed by atoms with Crippen molar-refractivity contribution in [3.05, 3.63) is 53.3 Å². The van der Waals surface area contributed by atoms with Crippen molar-refractivity contribution < 1.29 is 9.90 Å². The van der Waals surface area contributed by atoms with Crippen molar-refractivity contribution in [1.82, 2.24) is 15.2 Å². The van der Waals surface area contributed by atoms with Crippen molar-refractivity contribution in [2.24, 2.45) is 17.3 Å². The molecular formula is C28H41N3O2S. The molecule has 4 atom stereocenters. The maximum absolute atomic E-state index is 13.7. The molecule has 2 heterocycles. The Morgan fingerprint density at radius 2 is 1.91 bits per heavy atom. The highest BCUT2D eigenvalue weighted by molar-refractivity contribution is 7.13. The van der Waals surface area contributed by atoms with Crippen LogP contribution >= 0.6 is 11.3 Å². The molecule has 2 aromatic rings. The molecule has 34 heavy (non-hydrogen) atoms. The first-order valence-corrected chi connectivity index (χ1v) is 13.2. The molecule has 0 spiro atoms. The number of carbonyl (C=O) groups is 1. The molecule has 5 nitrogen and oxygen atoms in total. The second kappa shape index (κ2) is 10.6. The van der Waals surface area contributed by atoms with Crippen LogP contribution in [0.15, 0.2) is 42.1 Å². The van der Waals surface area contributed by atoms with Gasteiger partial charge in [-0.2, -0.15) is 0 Å². The zero-order valence-electron chi connectivity index (χ0n) is 21.8. The lowest BCUT2D eigenvalue weighted by atomic mass is 9.75. The van der Waals surface area contributed by atoms with Gasteiger partial charge in [0.25, 0.3) is 0 Å². The number of rotatable bonds is 8. The molecule has 1 saturated heterocycles. The topological polar surface area (TPSA) is 65.5 Å². The number of amides is 1. The molecule has 2 N–H and O–H groups in total. The molecule has 0 aliphatic carbocycles. The first-order valence-electron chi connectivity index (χ1n) is 12.3. The Morgan fingerprint density at radius 1 is 1.26 bits per heavy atom. The minimum Gasteiger partial charge on any atom is -0.391 e. The molecular weight excluding hydrogens is 442 g/mol. The van der Waals surface area contributed by atoms with Crippen LogP contribution in [0.2, 0.25) is 0 Å². The number of aliphatic hydroxyl groups excluding tert-OH is 1. The van der Waals surface area contributed by atoms with E-state index in [0.717, 1.165) is 23.4 Å². The molecule has 1 amide bonds. The van der Waals surface area contributed by atoms with Gasteiger partial charge in [0.15, 0.2) is 0 Å². The minimum absolute atomic E-state index is 0.0351. The van der Waals surface area contributed by atoms with Gasteiger partial charge in [-0.15, -0.1) is 11.3 Å². The predicted octanol–water partition coefficient (Wildman–Crippen LogP) is 5.95. The van der Waals surface area contributed by atoms with E-state index in [-0.39, 0.29) is 29.3 Å². The summed E-state index contributed by atoms with van der Waals surface area (Å²) in [5.41, 5.74) is 5.89. The van der Waals surface area contributed by atoms with Crippen LogP contribution in [0.25, 0.3) is 10.4 Å². The SMILES string of the molecule is C=C(N[C@@H](C)c1ccc(-c2scnc2C)cc1)[C@@H]1C[C@@H](O)CN1C(=O)[C@@H](CC(C)C)C(C)(C)C. The van der Waals surface area contributed by atoms with Crippen LogP contribution in [0, 0.1) is 24.2 Å². The number of likely N-dealkylation sites (tertiary alicyclic amines) is 1. The Hall–Kier alpha value is -2.18. The van der Waals surface area contributed by atoms with Crippen LogP contribution in [0.3, 0.4) is 0 Å². The number of carbonyl (C=O) groups excluding carboxylic acids is 1. The summed E-state index contributed by atoms with van der Waals surface area (Å²) in [4.78, 5) is 21.1. The number of β-amino-alcohol motifs (C(OH)–C–C–N with tert-alkyl or cyclic N) is 1. The number of aryl methyl sites for hydroxylation is 1. The highest BCUT2D eigenvalue weighted by Gasteiger charge is 2.42. The number of benzene rings is 1. The fraction of sp³-hybridized carbons (Fsp3) is 0.571. The van der Waals surface area contributed by atoms with E-state index in [1.807, 2.05) is 17.3 Å². The second-order valence-corrected chi connectivity index (χ2v) is 12.1. The lowest BCUT2D eigenvalue weighted by molar-refractivity contribution is -0.140. The van der Waals surface area contributed by atoms with Gasteiger partial charge in [0, 0.05) is 30.6 Å². The molecule has 1 aromatic carbocycles. The number of aromatic nitrogens is 1. The lowest BCUT2D eigenvalue weighted by Crippen LogP contribution is -2.46. The zero-order chi connectivity index (χ0) is 25.2. The Kier molecular flexibility index (Phi) is 8.25. The Morgan fingerprint density at radius 3 is 2.44 bits per heavy atom. The summed E-state index contributed by atoms with van der Waals surface area (Å²) in [5.74, 6) is 0.466. The van der Waals surface area contributed by atoms with E-state index in [1.54, 1.807) is 11.3 Å². The molecule has 1 aliphatic heterocycles. The third-order valence-electron chi connectivity index (χ3n) is 6.84. The van der Waals surface area contributed by atoms with E-state index < -0.39 is 6.10 Å². The summed E-state index contributed by atoms with van der Waals surface area (Å²) in [6.45, 7) is 19.5. The fourth-order valence-corrected chi connectivity index (χ4v) is 5.66. The van der Waals surface area contributed by atoms with Gasteiger partial charge in [0.2, 0.25) is 5.91 Å². The summed E-state index contributed by atoms with van der Waals surface area (Å²) < 4.78 is 0. The molecule has 0 unspecified atom stereocenters. The van der Waals surface area contributed by atoms with Crippen LogP contribution in [0.4, 0.5) is 0 Å². The van der Waals surface area contributed by atoms with Crippen molar-refractivity contribution in [1.29, 1.82) is 0 Å². The molecule has 6 heteroatoms. The summed E-state index contributed by atoms with van der Waals surface area (Å²) >= 11 is 1.65. The Balaban J connectivity index is 1.72. The van der Waals surface area contributed by atoms with E-state index in [0.29, 0.717) is 18.9 Å². The van der Waals surface area contributed by atoms with Gasteiger partial charge in [-0.05, 0) is 42.7 Å². The van der Waals surface area contributed by atoms with Crippen molar-refractivity contribution in [3.63, 3.8) is 0 Å². The number of thiazole rings is 1. The third kappa shape index (κ3) is 6.08.